The zero-order valence-corrected chi connectivity index (χ0v) is 15.7. The molecular weight excluding hydrogens is 367 g/mol. The molecule has 0 saturated heterocycles. The van der Waals surface area contributed by atoms with Crippen LogP contribution >= 0.6 is 11.6 Å². The summed E-state index contributed by atoms with van der Waals surface area (Å²) < 4.78 is 38.3. The van der Waals surface area contributed by atoms with E-state index >= 15 is 0 Å². The van der Waals surface area contributed by atoms with Crippen LogP contribution in [0.25, 0.3) is 0 Å². The van der Waals surface area contributed by atoms with E-state index in [4.69, 9.17) is 11.6 Å². The van der Waals surface area contributed by atoms with Crippen LogP contribution < -0.4 is 5.32 Å². The van der Waals surface area contributed by atoms with Gasteiger partial charge in [-0.25, -0.2) is 4.79 Å². The number of carbonyl (C=O) groups is 1. The molecule has 1 aliphatic carbocycles. The number of alkyl halides is 3. The largest absolute Gasteiger partial charge is 0.478 e. The summed E-state index contributed by atoms with van der Waals surface area (Å²) in [6, 6.07) is 4.61. The van der Waals surface area contributed by atoms with E-state index in [0.717, 1.165) is 0 Å². The highest BCUT2D eigenvalue weighted by atomic mass is 35.5. The zero-order chi connectivity index (χ0) is 19.5. The summed E-state index contributed by atoms with van der Waals surface area (Å²) in [7, 11) is 0. The lowest BCUT2D eigenvalue weighted by molar-refractivity contribution is -0.183. The molecule has 2 N–H and O–H groups in total. The number of benzene rings is 1. The smallest absolute Gasteiger partial charge is 0.391 e. The van der Waals surface area contributed by atoms with E-state index in [0.29, 0.717) is 30.0 Å². The molecule has 7 heteroatoms. The van der Waals surface area contributed by atoms with Gasteiger partial charge in [-0.3, -0.25) is 0 Å². The van der Waals surface area contributed by atoms with Gasteiger partial charge in [0.1, 0.15) is 0 Å². The molecule has 0 spiro atoms. The van der Waals surface area contributed by atoms with Gasteiger partial charge in [-0.1, -0.05) is 31.5 Å². The second-order valence-electron chi connectivity index (χ2n) is 7.43. The second-order valence-corrected chi connectivity index (χ2v) is 7.86. The van der Waals surface area contributed by atoms with Gasteiger partial charge in [0.25, 0.3) is 0 Å². The second kappa shape index (κ2) is 8.61. The van der Waals surface area contributed by atoms with E-state index in [2.05, 4.69) is 5.32 Å². The number of carboxylic acid groups (broad SMARTS) is 1. The minimum atomic E-state index is -4.10. The molecule has 0 amide bonds. The summed E-state index contributed by atoms with van der Waals surface area (Å²) in [5.41, 5.74) is 0.811. The van der Waals surface area contributed by atoms with Crippen molar-refractivity contribution in [3.63, 3.8) is 0 Å². The van der Waals surface area contributed by atoms with Crippen molar-refractivity contribution in [3.8, 4) is 0 Å². The molecule has 0 aromatic heterocycles. The highest BCUT2D eigenvalue weighted by Gasteiger charge is 2.41. The predicted octanol–water partition coefficient (Wildman–Crippen LogP) is 5.69. The third-order valence-corrected chi connectivity index (χ3v) is 5.42. The summed E-state index contributed by atoms with van der Waals surface area (Å²) >= 11 is 5.92. The van der Waals surface area contributed by atoms with Crippen molar-refractivity contribution in [3.05, 3.63) is 34.3 Å². The van der Waals surface area contributed by atoms with E-state index in [1.807, 2.05) is 13.8 Å². The summed E-state index contributed by atoms with van der Waals surface area (Å²) in [4.78, 5) is 11.5. The molecule has 26 heavy (non-hydrogen) atoms. The number of nitrogens with one attached hydrogen (secondary N) is 1. The van der Waals surface area contributed by atoms with Gasteiger partial charge in [-0.2, -0.15) is 13.2 Å². The van der Waals surface area contributed by atoms with Crippen LogP contribution in [0, 0.1) is 17.8 Å². The molecule has 1 aromatic rings. The van der Waals surface area contributed by atoms with Crippen LogP contribution in [0.1, 0.15) is 61.5 Å². The van der Waals surface area contributed by atoms with Crippen molar-refractivity contribution in [2.45, 2.75) is 51.7 Å². The molecule has 3 nitrogen and oxygen atoms in total. The van der Waals surface area contributed by atoms with Crippen molar-refractivity contribution in [2.24, 2.45) is 17.8 Å². The Balaban J connectivity index is 2.04. The van der Waals surface area contributed by atoms with Crippen LogP contribution in [0.5, 0.6) is 0 Å². The number of rotatable bonds is 6. The molecule has 0 aliphatic heterocycles. The minimum absolute atomic E-state index is 0.126. The lowest BCUT2D eigenvalue weighted by Crippen LogP contribution is -2.35. The van der Waals surface area contributed by atoms with Crippen molar-refractivity contribution < 1.29 is 23.1 Å². The Kier molecular flexibility index (Phi) is 6.97. The maximum atomic E-state index is 12.8. The third kappa shape index (κ3) is 5.36. The van der Waals surface area contributed by atoms with Crippen LogP contribution in [0.2, 0.25) is 5.02 Å². The molecule has 1 saturated carbocycles. The monoisotopic (exact) mass is 391 g/mol. The molecule has 0 radical (unpaired) electrons. The van der Waals surface area contributed by atoms with Crippen LogP contribution in [-0.4, -0.2) is 23.8 Å². The third-order valence-electron chi connectivity index (χ3n) is 5.18. The van der Waals surface area contributed by atoms with Crippen LogP contribution in [0.15, 0.2) is 18.2 Å². The average Bonchev–Trinajstić information content (AvgIpc) is 2.55. The number of halogens is 4. The molecular formula is C19H25ClF3NO2. The highest BCUT2D eigenvalue weighted by molar-refractivity contribution is 6.31. The Bertz CT molecular complexity index is 626. The lowest BCUT2D eigenvalue weighted by atomic mass is 9.81. The molecule has 1 aliphatic rings. The zero-order valence-electron chi connectivity index (χ0n) is 14.9. The Morgan fingerprint density at radius 1 is 1.27 bits per heavy atom. The van der Waals surface area contributed by atoms with Gasteiger partial charge in [0.15, 0.2) is 0 Å². The fourth-order valence-electron chi connectivity index (χ4n) is 3.68. The number of carboxylic acids is 1. The highest BCUT2D eigenvalue weighted by Crippen LogP contribution is 2.39. The van der Waals surface area contributed by atoms with Gasteiger partial charge >= 0.3 is 12.1 Å². The molecule has 146 valence electrons. The van der Waals surface area contributed by atoms with Gasteiger partial charge in [0.05, 0.1) is 11.5 Å². The standard InChI is InChI=1S/C19H25ClF3NO2/c1-11(2)17(15-8-7-14(20)9-16(15)18(25)26)24-10-12-3-5-13(6-4-12)19(21,22)23/h7-9,11-13,17,24H,3-6,10H2,1-2H3,(H,25,26)/t12?,13?,17-/m0/s1. The van der Waals surface area contributed by atoms with Crippen LogP contribution in [0.4, 0.5) is 13.2 Å². The topological polar surface area (TPSA) is 49.3 Å². The quantitative estimate of drug-likeness (QED) is 0.654. The fraction of sp³-hybridized carbons (Fsp3) is 0.632. The SMILES string of the molecule is CC(C)[C@H](NCC1CCC(C(F)(F)F)CC1)c1ccc(Cl)cc1C(=O)O. The van der Waals surface area contributed by atoms with Crippen molar-refractivity contribution >= 4 is 17.6 Å². The fourth-order valence-corrected chi connectivity index (χ4v) is 3.85. The summed E-state index contributed by atoms with van der Waals surface area (Å²) in [6.07, 6.45) is -2.69. The normalized spacial score (nSPS) is 22.4. The number of aromatic carboxylic acids is 1. The van der Waals surface area contributed by atoms with Crippen molar-refractivity contribution in [1.29, 1.82) is 0 Å². The van der Waals surface area contributed by atoms with Crippen molar-refractivity contribution in [2.75, 3.05) is 6.54 Å². The maximum Gasteiger partial charge on any atom is 0.391 e. The molecule has 1 fully saturated rings. The Hall–Kier alpha value is -1.27. The van der Waals surface area contributed by atoms with Gasteiger partial charge in [-0.05, 0) is 61.8 Å². The Morgan fingerprint density at radius 3 is 2.38 bits per heavy atom. The van der Waals surface area contributed by atoms with Gasteiger partial charge in [0.2, 0.25) is 0 Å². The van der Waals surface area contributed by atoms with E-state index in [1.54, 1.807) is 12.1 Å². The molecule has 0 heterocycles. The molecule has 1 atom stereocenters. The summed E-state index contributed by atoms with van der Waals surface area (Å²) in [5, 5.41) is 13.2. The van der Waals surface area contributed by atoms with Crippen LogP contribution in [0.3, 0.4) is 0 Å². The van der Waals surface area contributed by atoms with E-state index < -0.39 is 18.1 Å². The first-order valence-electron chi connectivity index (χ1n) is 8.92. The van der Waals surface area contributed by atoms with Crippen LogP contribution in [-0.2, 0) is 0 Å². The first kappa shape index (κ1) is 21.0. The molecule has 0 unspecified atom stereocenters. The lowest BCUT2D eigenvalue weighted by Gasteiger charge is -2.32. The minimum Gasteiger partial charge on any atom is -0.478 e. The predicted molar refractivity (Wildman–Crippen MR) is 95.5 cm³/mol. The van der Waals surface area contributed by atoms with E-state index in [-0.39, 0.29) is 36.3 Å². The first-order chi connectivity index (χ1) is 12.1. The Morgan fingerprint density at radius 2 is 1.88 bits per heavy atom. The molecule has 1 aromatic carbocycles. The van der Waals surface area contributed by atoms with Gasteiger partial charge in [-0.15, -0.1) is 0 Å². The summed E-state index contributed by atoms with van der Waals surface area (Å²) in [5.74, 6) is -1.92. The Labute approximate surface area is 156 Å². The molecule has 0 bridgehead atoms. The maximum absolute atomic E-state index is 12.8. The molecule has 2 rings (SSSR count). The van der Waals surface area contributed by atoms with Gasteiger partial charge in [0, 0.05) is 11.1 Å². The van der Waals surface area contributed by atoms with Gasteiger partial charge < -0.3 is 10.4 Å². The summed E-state index contributed by atoms with van der Waals surface area (Å²) in [6.45, 7) is 4.55. The van der Waals surface area contributed by atoms with E-state index in [9.17, 15) is 23.1 Å². The number of hydrogen-bond donors (Lipinski definition) is 2. The average molecular weight is 392 g/mol. The first-order valence-corrected chi connectivity index (χ1v) is 9.30. The van der Waals surface area contributed by atoms with E-state index in [1.165, 1.54) is 6.07 Å². The van der Waals surface area contributed by atoms with Crippen molar-refractivity contribution in [1.82, 2.24) is 5.32 Å². The number of hydrogen-bond acceptors (Lipinski definition) is 2.